The van der Waals surface area contributed by atoms with Gasteiger partial charge in [-0.2, -0.15) is 4.98 Å². The number of nitrogens with zero attached hydrogens (tertiary/aromatic N) is 3. The van der Waals surface area contributed by atoms with Gasteiger partial charge in [-0.1, -0.05) is 13.0 Å². The summed E-state index contributed by atoms with van der Waals surface area (Å²) in [6.45, 7) is 4.57. The van der Waals surface area contributed by atoms with Gasteiger partial charge in [0, 0.05) is 26.0 Å². The second-order valence-corrected chi connectivity index (χ2v) is 3.83. The second kappa shape index (κ2) is 6.20. The summed E-state index contributed by atoms with van der Waals surface area (Å²) in [6, 6.07) is 5.82. The van der Waals surface area contributed by atoms with Crippen molar-refractivity contribution in [2.75, 3.05) is 25.1 Å². The van der Waals surface area contributed by atoms with Crippen molar-refractivity contribution in [3.8, 4) is 0 Å². The molecule has 0 aromatic carbocycles. The first-order valence-electron chi connectivity index (χ1n) is 6.03. The average Bonchev–Trinajstić information content (AvgIpc) is 2.76. The predicted octanol–water partition coefficient (Wildman–Crippen LogP) is 1.96. The number of pyridine rings is 1. The number of aromatic nitrogens is 3. The average molecular weight is 234 g/mol. The van der Waals surface area contributed by atoms with Crippen molar-refractivity contribution < 1.29 is 4.74 Å². The van der Waals surface area contributed by atoms with Crippen LogP contribution in [0.5, 0.6) is 0 Å². The van der Waals surface area contributed by atoms with Crippen LogP contribution >= 0.6 is 0 Å². The van der Waals surface area contributed by atoms with Crippen molar-refractivity contribution in [3.63, 3.8) is 0 Å². The number of fused-ring (bicyclic) bond motifs is 1. The summed E-state index contributed by atoms with van der Waals surface area (Å²) in [5.41, 5.74) is 0.859. The molecule has 0 fully saturated rings. The summed E-state index contributed by atoms with van der Waals surface area (Å²) in [4.78, 5) is 4.35. The number of rotatable bonds is 7. The molecular formula is C12H18N4O. The number of hydrogen-bond acceptors (Lipinski definition) is 4. The highest BCUT2D eigenvalue weighted by Gasteiger charge is 2.00. The van der Waals surface area contributed by atoms with Gasteiger partial charge in [-0.25, -0.2) is 4.52 Å². The fraction of sp³-hybridized carbons (Fsp3) is 0.500. The molecule has 0 unspecified atom stereocenters. The van der Waals surface area contributed by atoms with E-state index < -0.39 is 0 Å². The van der Waals surface area contributed by atoms with E-state index in [-0.39, 0.29) is 0 Å². The van der Waals surface area contributed by atoms with Crippen molar-refractivity contribution in [2.24, 2.45) is 0 Å². The zero-order valence-corrected chi connectivity index (χ0v) is 10.1. The summed E-state index contributed by atoms with van der Waals surface area (Å²) in [5, 5.41) is 7.49. The highest BCUT2D eigenvalue weighted by molar-refractivity contribution is 5.42. The van der Waals surface area contributed by atoms with Crippen LogP contribution in [-0.4, -0.2) is 34.4 Å². The van der Waals surface area contributed by atoms with Gasteiger partial charge >= 0.3 is 0 Å². The summed E-state index contributed by atoms with van der Waals surface area (Å²) in [5.74, 6) is 0.673. The molecule has 0 atom stereocenters. The van der Waals surface area contributed by atoms with Crippen LogP contribution in [0.2, 0.25) is 0 Å². The Morgan fingerprint density at radius 2 is 2.29 bits per heavy atom. The first-order valence-corrected chi connectivity index (χ1v) is 6.03. The van der Waals surface area contributed by atoms with Crippen LogP contribution in [0, 0.1) is 0 Å². The van der Waals surface area contributed by atoms with E-state index in [0.717, 1.165) is 38.2 Å². The third-order valence-electron chi connectivity index (χ3n) is 2.34. The summed E-state index contributed by atoms with van der Waals surface area (Å²) >= 11 is 0. The van der Waals surface area contributed by atoms with Crippen LogP contribution in [0.1, 0.15) is 19.8 Å². The minimum absolute atomic E-state index is 0.673. The van der Waals surface area contributed by atoms with E-state index in [0.29, 0.717) is 5.95 Å². The normalized spacial score (nSPS) is 10.9. The number of hydrogen-bond donors (Lipinski definition) is 1. The topological polar surface area (TPSA) is 51.5 Å². The largest absolute Gasteiger partial charge is 0.381 e. The Hall–Kier alpha value is -1.62. The molecule has 5 heteroatoms. The zero-order valence-electron chi connectivity index (χ0n) is 10.1. The van der Waals surface area contributed by atoms with E-state index in [9.17, 15) is 0 Å². The first-order chi connectivity index (χ1) is 8.40. The van der Waals surface area contributed by atoms with Crippen LogP contribution in [-0.2, 0) is 4.74 Å². The summed E-state index contributed by atoms with van der Waals surface area (Å²) in [7, 11) is 0. The number of anilines is 1. The maximum Gasteiger partial charge on any atom is 0.243 e. The molecule has 17 heavy (non-hydrogen) atoms. The quantitative estimate of drug-likeness (QED) is 0.744. The smallest absolute Gasteiger partial charge is 0.243 e. The first kappa shape index (κ1) is 11.9. The van der Waals surface area contributed by atoms with Gasteiger partial charge in [-0.3, -0.25) is 0 Å². The van der Waals surface area contributed by atoms with E-state index in [2.05, 4.69) is 22.3 Å². The molecule has 0 bridgehead atoms. The zero-order chi connectivity index (χ0) is 11.9. The highest BCUT2D eigenvalue weighted by atomic mass is 16.5. The Balaban J connectivity index is 1.75. The van der Waals surface area contributed by atoms with Crippen molar-refractivity contribution >= 4 is 11.6 Å². The molecule has 0 aliphatic heterocycles. The van der Waals surface area contributed by atoms with Crippen molar-refractivity contribution in [1.82, 2.24) is 14.6 Å². The van der Waals surface area contributed by atoms with Crippen molar-refractivity contribution in [3.05, 3.63) is 24.4 Å². The van der Waals surface area contributed by atoms with Gasteiger partial charge in [0.15, 0.2) is 5.65 Å². The molecule has 0 saturated heterocycles. The fourth-order valence-electron chi connectivity index (χ4n) is 1.53. The lowest BCUT2D eigenvalue weighted by molar-refractivity contribution is 0.134. The molecule has 0 amide bonds. The molecule has 1 N–H and O–H groups in total. The molecule has 2 aromatic heterocycles. The van der Waals surface area contributed by atoms with E-state index in [4.69, 9.17) is 4.74 Å². The highest BCUT2D eigenvalue weighted by Crippen LogP contribution is 2.04. The molecule has 92 valence electrons. The lowest BCUT2D eigenvalue weighted by Gasteiger charge is -2.02. The lowest BCUT2D eigenvalue weighted by atomic mass is 10.4. The standard InChI is InChI=1S/C12H18N4O/c1-2-9-17-10-5-7-13-12-14-11-6-3-4-8-16(11)15-12/h3-4,6,8H,2,5,7,9-10H2,1H3,(H,13,15). The van der Waals surface area contributed by atoms with Gasteiger partial charge in [0.2, 0.25) is 5.95 Å². The van der Waals surface area contributed by atoms with Gasteiger partial charge in [0.05, 0.1) is 0 Å². The monoisotopic (exact) mass is 234 g/mol. The number of ether oxygens (including phenoxy) is 1. The second-order valence-electron chi connectivity index (χ2n) is 3.83. The van der Waals surface area contributed by atoms with E-state index in [1.54, 1.807) is 4.52 Å². The summed E-state index contributed by atoms with van der Waals surface area (Å²) in [6.07, 6.45) is 3.93. The van der Waals surface area contributed by atoms with E-state index in [1.807, 2.05) is 24.4 Å². The SMILES string of the molecule is CCCOCCCNc1nc2ccccn2n1. The predicted molar refractivity (Wildman–Crippen MR) is 67.2 cm³/mol. The Morgan fingerprint density at radius 1 is 1.35 bits per heavy atom. The maximum absolute atomic E-state index is 5.39. The van der Waals surface area contributed by atoms with Crippen LogP contribution in [0.25, 0.3) is 5.65 Å². The minimum atomic E-state index is 0.673. The Labute approximate surface area is 101 Å². The van der Waals surface area contributed by atoms with Gasteiger partial charge in [0.25, 0.3) is 0 Å². The Kier molecular flexibility index (Phi) is 4.32. The van der Waals surface area contributed by atoms with Gasteiger partial charge in [-0.05, 0) is 25.0 Å². The molecule has 0 aliphatic carbocycles. The van der Waals surface area contributed by atoms with Gasteiger partial charge in [0.1, 0.15) is 0 Å². The molecule has 2 rings (SSSR count). The van der Waals surface area contributed by atoms with Crippen molar-refractivity contribution in [1.29, 1.82) is 0 Å². The molecule has 0 spiro atoms. The Morgan fingerprint density at radius 3 is 3.12 bits per heavy atom. The van der Waals surface area contributed by atoms with Gasteiger partial charge < -0.3 is 10.1 Å². The number of nitrogens with one attached hydrogen (secondary N) is 1. The molecule has 2 heterocycles. The lowest BCUT2D eigenvalue weighted by Crippen LogP contribution is -2.07. The Bertz CT molecular complexity index is 421. The van der Waals surface area contributed by atoms with Crippen LogP contribution in [0.4, 0.5) is 5.95 Å². The molecule has 0 radical (unpaired) electrons. The molecule has 0 aliphatic rings. The third kappa shape index (κ3) is 3.42. The molecule has 0 saturated carbocycles. The van der Waals surface area contributed by atoms with Gasteiger partial charge in [-0.15, -0.1) is 5.10 Å². The fourth-order valence-corrected chi connectivity index (χ4v) is 1.53. The third-order valence-corrected chi connectivity index (χ3v) is 2.34. The van der Waals surface area contributed by atoms with E-state index in [1.165, 1.54) is 0 Å². The molecular weight excluding hydrogens is 216 g/mol. The van der Waals surface area contributed by atoms with Crippen molar-refractivity contribution in [2.45, 2.75) is 19.8 Å². The molecule has 2 aromatic rings. The van der Waals surface area contributed by atoms with E-state index >= 15 is 0 Å². The van der Waals surface area contributed by atoms with Crippen LogP contribution in [0.15, 0.2) is 24.4 Å². The summed E-state index contributed by atoms with van der Waals surface area (Å²) < 4.78 is 7.15. The van der Waals surface area contributed by atoms with Crippen LogP contribution in [0.3, 0.4) is 0 Å². The molecule has 5 nitrogen and oxygen atoms in total. The minimum Gasteiger partial charge on any atom is -0.381 e. The van der Waals surface area contributed by atoms with Crippen LogP contribution < -0.4 is 5.32 Å². The maximum atomic E-state index is 5.39.